The number of carbonyl (C=O) groups is 2. The van der Waals surface area contributed by atoms with Gasteiger partial charge in [-0.15, -0.1) is 0 Å². The lowest BCUT2D eigenvalue weighted by Gasteiger charge is -2.19. The van der Waals surface area contributed by atoms with Crippen molar-refractivity contribution in [1.29, 1.82) is 0 Å². The minimum Gasteiger partial charge on any atom is -0.480 e. The Labute approximate surface area is 257 Å². The van der Waals surface area contributed by atoms with Gasteiger partial charge >= 0.3 is 5.97 Å². The number of carbonyl (C=O) groups excluding carboxylic acids is 1. The molecule has 2 aromatic heterocycles. The molecule has 1 atom stereocenters. The van der Waals surface area contributed by atoms with Crippen LogP contribution >= 0.6 is 0 Å². The average molecular weight is 590 g/mol. The molecule has 1 aliphatic rings. The molecule has 0 aliphatic heterocycles. The van der Waals surface area contributed by atoms with Gasteiger partial charge in [0.05, 0.1) is 6.54 Å². The Balaban J connectivity index is 1.27. The molecule has 1 fully saturated rings. The molecule has 0 saturated heterocycles. The summed E-state index contributed by atoms with van der Waals surface area (Å²) in [7, 11) is 0. The minimum atomic E-state index is -1.12. The first-order valence-corrected chi connectivity index (χ1v) is 15.4. The van der Waals surface area contributed by atoms with Gasteiger partial charge in [-0.3, -0.25) is 4.79 Å². The minimum absolute atomic E-state index is 0.0629. The summed E-state index contributed by atoms with van der Waals surface area (Å²) < 4.78 is 8.09. The molecule has 1 saturated carbocycles. The van der Waals surface area contributed by atoms with Crippen molar-refractivity contribution in [1.82, 2.24) is 14.9 Å². The van der Waals surface area contributed by atoms with Gasteiger partial charge in [0, 0.05) is 22.8 Å². The number of carboxylic acid groups (broad SMARTS) is 1. The Morgan fingerprint density at radius 3 is 2.41 bits per heavy atom. The third-order valence-electron chi connectivity index (χ3n) is 8.69. The van der Waals surface area contributed by atoms with Crippen LogP contribution in [0.5, 0.6) is 11.5 Å². The molecule has 0 unspecified atom stereocenters. The molecule has 3 aromatic carbocycles. The standard InChI is InChI=1S/C37H39N3O4/c1-37(2,3)27-13-16-28(17-14-27)44-29-15-12-26-21-32(38-31(30(26)22-29)20-24-8-4-5-9-24)35(41)39-33(36(42)43)23-40-19-18-25-10-6-7-11-34(25)40/h6-7,10-19,21-22,24,33H,4-5,8-9,20,23H2,1-3H3,(H,39,41)(H,42,43)/t33-/m0/s1. The number of aliphatic carboxylic acids is 1. The van der Waals surface area contributed by atoms with Crippen molar-refractivity contribution >= 4 is 33.6 Å². The zero-order valence-corrected chi connectivity index (χ0v) is 25.5. The third kappa shape index (κ3) is 6.47. The van der Waals surface area contributed by atoms with Crippen LogP contribution in [0.4, 0.5) is 0 Å². The fraction of sp³-hybridized carbons (Fsp3) is 0.324. The Morgan fingerprint density at radius 1 is 0.955 bits per heavy atom. The van der Waals surface area contributed by atoms with Crippen molar-refractivity contribution in [3.8, 4) is 11.5 Å². The number of hydrogen-bond donors (Lipinski definition) is 2. The van der Waals surface area contributed by atoms with Crippen molar-refractivity contribution in [2.75, 3.05) is 0 Å². The number of rotatable bonds is 9. The van der Waals surface area contributed by atoms with Gasteiger partial charge in [-0.05, 0) is 76.6 Å². The smallest absolute Gasteiger partial charge is 0.328 e. The lowest BCUT2D eigenvalue weighted by atomic mass is 9.87. The maximum absolute atomic E-state index is 13.5. The van der Waals surface area contributed by atoms with E-state index in [4.69, 9.17) is 9.72 Å². The Hall–Kier alpha value is -4.65. The predicted molar refractivity (Wildman–Crippen MR) is 173 cm³/mol. The molecule has 7 nitrogen and oxygen atoms in total. The van der Waals surface area contributed by atoms with Gasteiger partial charge in [0.2, 0.25) is 0 Å². The summed E-state index contributed by atoms with van der Waals surface area (Å²) in [4.78, 5) is 30.6. The number of fused-ring (bicyclic) bond motifs is 2. The lowest BCUT2D eigenvalue weighted by Crippen LogP contribution is -2.43. The van der Waals surface area contributed by atoms with Crippen LogP contribution in [0.1, 0.15) is 68.2 Å². The van der Waals surface area contributed by atoms with E-state index >= 15 is 0 Å². The largest absolute Gasteiger partial charge is 0.480 e. The summed E-state index contributed by atoms with van der Waals surface area (Å²) >= 11 is 0. The molecule has 5 aromatic rings. The number of aromatic nitrogens is 2. The molecule has 226 valence electrons. The maximum Gasteiger partial charge on any atom is 0.328 e. The van der Waals surface area contributed by atoms with Crippen LogP contribution in [0.2, 0.25) is 0 Å². The summed E-state index contributed by atoms with van der Waals surface area (Å²) in [6, 6.07) is 24.4. The molecule has 2 heterocycles. The van der Waals surface area contributed by atoms with Crippen LogP contribution in [0, 0.1) is 5.92 Å². The van der Waals surface area contributed by atoms with E-state index in [1.54, 1.807) is 6.07 Å². The zero-order valence-electron chi connectivity index (χ0n) is 25.5. The van der Waals surface area contributed by atoms with Crippen molar-refractivity contribution in [3.05, 3.63) is 102 Å². The molecule has 6 rings (SSSR count). The van der Waals surface area contributed by atoms with E-state index in [1.165, 1.54) is 18.4 Å². The quantitative estimate of drug-likeness (QED) is 0.182. The van der Waals surface area contributed by atoms with E-state index in [2.05, 4.69) is 38.2 Å². The molecule has 0 spiro atoms. The van der Waals surface area contributed by atoms with Gasteiger partial charge in [-0.25, -0.2) is 9.78 Å². The van der Waals surface area contributed by atoms with Crippen molar-refractivity contribution < 1.29 is 19.4 Å². The summed E-state index contributed by atoms with van der Waals surface area (Å²) in [5.74, 6) is 0.377. The number of hydrogen-bond acceptors (Lipinski definition) is 4. The molecule has 2 N–H and O–H groups in total. The van der Waals surface area contributed by atoms with Crippen molar-refractivity contribution in [2.24, 2.45) is 5.92 Å². The van der Waals surface area contributed by atoms with Gasteiger partial charge in [0.25, 0.3) is 5.91 Å². The monoisotopic (exact) mass is 589 g/mol. The van der Waals surface area contributed by atoms with Crippen LogP contribution in [0.15, 0.2) is 85.1 Å². The van der Waals surface area contributed by atoms with Gasteiger partial charge in [-0.2, -0.15) is 0 Å². The normalized spacial score (nSPS) is 14.6. The highest BCUT2D eigenvalue weighted by Crippen LogP contribution is 2.33. The van der Waals surface area contributed by atoms with Crippen molar-refractivity contribution in [2.45, 2.75) is 70.9 Å². The van der Waals surface area contributed by atoms with E-state index in [-0.39, 0.29) is 17.7 Å². The highest BCUT2D eigenvalue weighted by molar-refractivity contribution is 5.99. The molecule has 1 aliphatic carbocycles. The topological polar surface area (TPSA) is 93.5 Å². The van der Waals surface area contributed by atoms with E-state index in [1.807, 2.05) is 71.4 Å². The van der Waals surface area contributed by atoms with Gasteiger partial charge in [0.15, 0.2) is 0 Å². The van der Waals surface area contributed by atoms with Gasteiger partial charge in [0.1, 0.15) is 23.2 Å². The van der Waals surface area contributed by atoms with E-state index in [9.17, 15) is 14.7 Å². The van der Waals surface area contributed by atoms with E-state index < -0.39 is 17.9 Å². The number of nitrogens with zero attached hydrogens (tertiary/aromatic N) is 2. The highest BCUT2D eigenvalue weighted by atomic mass is 16.5. The molecule has 44 heavy (non-hydrogen) atoms. The second kappa shape index (κ2) is 12.2. The van der Waals surface area contributed by atoms with E-state index in [0.29, 0.717) is 11.7 Å². The summed E-state index contributed by atoms with van der Waals surface area (Å²) in [6.07, 6.45) is 7.30. The van der Waals surface area contributed by atoms with Gasteiger partial charge in [-0.1, -0.05) is 82.9 Å². The maximum atomic E-state index is 13.5. The second-order valence-corrected chi connectivity index (χ2v) is 13.0. The lowest BCUT2D eigenvalue weighted by molar-refractivity contribution is -0.139. The zero-order chi connectivity index (χ0) is 30.8. The summed E-state index contributed by atoms with van der Waals surface area (Å²) in [6.45, 7) is 6.66. The number of para-hydroxylation sites is 1. The van der Waals surface area contributed by atoms with E-state index in [0.717, 1.165) is 52.4 Å². The molecule has 1 amide bonds. The molecule has 7 heteroatoms. The van der Waals surface area contributed by atoms with Crippen LogP contribution in [-0.2, 0) is 23.2 Å². The molecular formula is C37H39N3O4. The number of benzene rings is 3. The first-order chi connectivity index (χ1) is 21.1. The van der Waals surface area contributed by atoms with Crippen molar-refractivity contribution in [3.63, 3.8) is 0 Å². The number of ether oxygens (including phenoxy) is 1. The first-order valence-electron chi connectivity index (χ1n) is 15.4. The third-order valence-corrected chi connectivity index (χ3v) is 8.69. The second-order valence-electron chi connectivity index (χ2n) is 13.0. The Morgan fingerprint density at radius 2 is 1.68 bits per heavy atom. The fourth-order valence-electron chi connectivity index (χ4n) is 6.19. The highest BCUT2D eigenvalue weighted by Gasteiger charge is 2.25. The summed E-state index contributed by atoms with van der Waals surface area (Å²) in [5, 5.41) is 15.6. The number of carboxylic acids is 1. The van der Waals surface area contributed by atoms with Crippen LogP contribution < -0.4 is 10.1 Å². The fourth-order valence-corrected chi connectivity index (χ4v) is 6.19. The van der Waals surface area contributed by atoms with Crippen LogP contribution in [0.25, 0.3) is 21.7 Å². The average Bonchev–Trinajstić information content (AvgIpc) is 3.67. The predicted octanol–water partition coefficient (Wildman–Crippen LogP) is 7.90. The number of pyridine rings is 1. The molecule has 0 radical (unpaired) electrons. The van der Waals surface area contributed by atoms with Crippen LogP contribution in [-0.4, -0.2) is 32.6 Å². The van der Waals surface area contributed by atoms with Gasteiger partial charge < -0.3 is 19.7 Å². The Bertz CT molecular complexity index is 1810. The molecular weight excluding hydrogens is 550 g/mol. The number of nitrogens with one attached hydrogen (secondary N) is 1. The molecule has 0 bridgehead atoms. The Kier molecular flexibility index (Phi) is 8.13. The van der Waals surface area contributed by atoms with Crippen LogP contribution in [0.3, 0.4) is 0 Å². The SMILES string of the molecule is CC(C)(C)c1ccc(Oc2ccc3cc(C(=O)N[C@@H](Cn4ccc5ccccc54)C(=O)O)nc(CC4CCCC4)c3c2)cc1. The summed E-state index contributed by atoms with van der Waals surface area (Å²) in [5.41, 5.74) is 3.28. The number of amides is 1. The first kappa shape index (κ1) is 29.4.